The minimum atomic E-state index is -4.80. The third-order valence-corrected chi connectivity index (χ3v) is 3.26. The summed E-state index contributed by atoms with van der Waals surface area (Å²) in [5.74, 6) is -7.06. The largest absolute Gasteiger partial charge is 0.471 e. The van der Waals surface area contributed by atoms with E-state index >= 15 is 0 Å². The lowest BCUT2D eigenvalue weighted by Gasteiger charge is -2.22. The van der Waals surface area contributed by atoms with Crippen molar-refractivity contribution >= 4 is 5.91 Å². The molecule has 1 aromatic carbocycles. The first-order chi connectivity index (χ1) is 11.1. The first kappa shape index (κ1) is 17.8. The summed E-state index contributed by atoms with van der Waals surface area (Å²) >= 11 is 0. The molecule has 1 aromatic heterocycles. The molecule has 0 bridgehead atoms. The number of hydrogen-bond donors (Lipinski definition) is 0. The molecule has 0 aliphatic carbocycles. The van der Waals surface area contributed by atoms with E-state index in [-0.39, 0.29) is 12.1 Å². The van der Waals surface area contributed by atoms with Crippen LogP contribution in [0.1, 0.15) is 18.4 Å². The second-order valence-electron chi connectivity index (χ2n) is 4.89. The first-order valence-corrected chi connectivity index (χ1v) is 6.72. The van der Waals surface area contributed by atoms with Crippen LogP contribution in [0.2, 0.25) is 0 Å². The molecule has 1 amide bonds. The van der Waals surface area contributed by atoms with Gasteiger partial charge in [0.1, 0.15) is 0 Å². The highest BCUT2D eigenvalue weighted by molar-refractivity contribution is 5.84. The number of hydrogen-bond acceptors (Lipinski definition) is 4. The van der Waals surface area contributed by atoms with E-state index in [1.54, 1.807) is 6.92 Å². The molecule has 0 unspecified atom stereocenters. The molecule has 10 heteroatoms. The molecule has 0 radical (unpaired) electrons. The number of benzene rings is 1. The second kappa shape index (κ2) is 6.17. The van der Waals surface area contributed by atoms with Gasteiger partial charge >= 0.3 is 18.0 Å². The van der Waals surface area contributed by atoms with Crippen LogP contribution in [-0.4, -0.2) is 34.5 Å². The van der Waals surface area contributed by atoms with Crippen molar-refractivity contribution in [1.82, 2.24) is 15.0 Å². The lowest BCUT2D eigenvalue weighted by Crippen LogP contribution is -2.39. The van der Waals surface area contributed by atoms with Crippen LogP contribution in [0.25, 0.3) is 11.4 Å². The Hall–Kier alpha value is -2.52. The number of halogens is 5. The Labute approximate surface area is 133 Å². The summed E-state index contributed by atoms with van der Waals surface area (Å²) in [6, 6.07) is 4.04. The summed E-state index contributed by atoms with van der Waals surface area (Å²) < 4.78 is 69.4. The van der Waals surface area contributed by atoms with Gasteiger partial charge in [-0.15, -0.1) is 0 Å². The fourth-order valence-corrected chi connectivity index (χ4v) is 1.79. The number of alkyl halides is 5. The summed E-state index contributed by atoms with van der Waals surface area (Å²) in [6.07, 6.45) is -4.80. The normalized spacial score (nSPS) is 12.3. The maximum Gasteiger partial charge on any atom is 0.471 e. The van der Waals surface area contributed by atoms with Gasteiger partial charge < -0.3 is 9.42 Å². The van der Waals surface area contributed by atoms with Crippen molar-refractivity contribution in [1.29, 1.82) is 0 Å². The van der Waals surface area contributed by atoms with Crippen LogP contribution in [0, 0.1) is 0 Å². The van der Waals surface area contributed by atoms with Gasteiger partial charge in [0.15, 0.2) is 0 Å². The van der Waals surface area contributed by atoms with E-state index in [4.69, 9.17) is 0 Å². The Morgan fingerprint density at radius 2 is 1.75 bits per heavy atom. The van der Waals surface area contributed by atoms with Gasteiger partial charge in [0.2, 0.25) is 5.82 Å². The number of nitrogens with zero attached hydrogens (tertiary/aromatic N) is 3. The third kappa shape index (κ3) is 3.36. The molecule has 0 saturated carbocycles. The van der Waals surface area contributed by atoms with Crippen molar-refractivity contribution in [2.75, 3.05) is 13.6 Å². The van der Waals surface area contributed by atoms with Crippen LogP contribution in [-0.2, 0) is 16.9 Å². The monoisotopic (exact) mass is 349 g/mol. The van der Waals surface area contributed by atoms with Crippen LogP contribution in [0.15, 0.2) is 28.8 Å². The number of rotatable bonds is 4. The minimum Gasteiger partial charge on any atom is -0.340 e. The van der Waals surface area contributed by atoms with E-state index in [9.17, 15) is 26.7 Å². The van der Waals surface area contributed by atoms with Crippen LogP contribution in [0.5, 0.6) is 0 Å². The first-order valence-electron chi connectivity index (χ1n) is 6.72. The van der Waals surface area contributed by atoms with Gasteiger partial charge in [0.05, 0.1) is 0 Å². The Bertz CT molecular complexity index is 725. The lowest BCUT2D eigenvalue weighted by molar-refractivity contribution is -0.159. The SMILES string of the molecule is CCN(C)C(=O)C(F)(F)c1ccc(-c2noc(C(F)(F)F)n2)cc1. The fraction of sp³-hybridized carbons (Fsp3) is 0.357. The average Bonchev–Trinajstić information content (AvgIpc) is 3.03. The zero-order chi connectivity index (χ0) is 18.1. The Balaban J connectivity index is 2.28. The van der Waals surface area contributed by atoms with Gasteiger partial charge in [-0.1, -0.05) is 29.4 Å². The van der Waals surface area contributed by atoms with Crippen molar-refractivity contribution in [3.05, 3.63) is 35.7 Å². The highest BCUT2D eigenvalue weighted by atomic mass is 19.4. The van der Waals surface area contributed by atoms with E-state index in [2.05, 4.69) is 14.7 Å². The Morgan fingerprint density at radius 1 is 1.17 bits per heavy atom. The van der Waals surface area contributed by atoms with Crippen LogP contribution < -0.4 is 0 Å². The van der Waals surface area contributed by atoms with E-state index < -0.39 is 35.3 Å². The molecule has 0 spiro atoms. The summed E-state index contributed by atoms with van der Waals surface area (Å²) in [6.45, 7) is 1.65. The summed E-state index contributed by atoms with van der Waals surface area (Å²) in [4.78, 5) is 15.7. The topological polar surface area (TPSA) is 59.2 Å². The molecule has 0 saturated heterocycles. The molecule has 2 rings (SSSR count). The maximum atomic E-state index is 14.1. The molecular weight excluding hydrogens is 337 g/mol. The number of likely N-dealkylation sites (N-methyl/N-ethyl adjacent to an activating group) is 1. The quantitative estimate of drug-likeness (QED) is 0.795. The highest BCUT2D eigenvalue weighted by Gasteiger charge is 2.42. The summed E-state index contributed by atoms with van der Waals surface area (Å²) in [5.41, 5.74) is -0.541. The molecule has 5 nitrogen and oxygen atoms in total. The predicted octanol–water partition coefficient (Wildman–Crippen LogP) is 3.33. The van der Waals surface area contributed by atoms with E-state index in [0.717, 1.165) is 29.2 Å². The molecule has 0 fully saturated rings. The standard InChI is InChI=1S/C14H12F5N3O2/c1-3-22(2)12(23)13(15,16)9-6-4-8(5-7-9)10-20-11(24-21-10)14(17,18)19/h4-7H,3H2,1-2H3. The van der Waals surface area contributed by atoms with Gasteiger partial charge in [0.25, 0.3) is 5.91 Å². The minimum absolute atomic E-state index is 0.0464. The van der Waals surface area contributed by atoms with Crippen LogP contribution >= 0.6 is 0 Å². The molecule has 24 heavy (non-hydrogen) atoms. The van der Waals surface area contributed by atoms with Crippen molar-refractivity contribution in [2.45, 2.75) is 19.0 Å². The summed E-state index contributed by atoms with van der Waals surface area (Å²) in [5, 5.41) is 3.15. The summed E-state index contributed by atoms with van der Waals surface area (Å²) in [7, 11) is 1.24. The van der Waals surface area contributed by atoms with Gasteiger partial charge in [-0.05, 0) is 6.92 Å². The zero-order valence-electron chi connectivity index (χ0n) is 12.6. The number of aromatic nitrogens is 2. The molecule has 1 heterocycles. The molecule has 0 aliphatic heterocycles. The Kier molecular flexibility index (Phi) is 4.59. The van der Waals surface area contributed by atoms with Gasteiger partial charge in [-0.2, -0.15) is 26.9 Å². The van der Waals surface area contributed by atoms with Gasteiger partial charge in [0, 0.05) is 24.7 Å². The molecule has 0 atom stereocenters. The van der Waals surface area contributed by atoms with Gasteiger partial charge in [-0.3, -0.25) is 4.79 Å². The fourth-order valence-electron chi connectivity index (χ4n) is 1.79. The van der Waals surface area contributed by atoms with Crippen molar-refractivity contribution in [3.8, 4) is 11.4 Å². The lowest BCUT2D eigenvalue weighted by atomic mass is 10.0. The number of carbonyl (C=O) groups excluding carboxylic acids is 1. The maximum absolute atomic E-state index is 14.1. The second-order valence-corrected chi connectivity index (χ2v) is 4.89. The van der Waals surface area contributed by atoms with Crippen molar-refractivity contribution in [3.63, 3.8) is 0 Å². The highest BCUT2D eigenvalue weighted by Crippen LogP contribution is 2.32. The third-order valence-electron chi connectivity index (χ3n) is 3.26. The molecule has 0 aliphatic rings. The number of carbonyl (C=O) groups is 1. The molecule has 2 aromatic rings. The van der Waals surface area contributed by atoms with E-state index in [1.807, 2.05) is 0 Å². The number of amides is 1. The van der Waals surface area contributed by atoms with Crippen molar-refractivity contribution in [2.24, 2.45) is 0 Å². The molecule has 0 N–H and O–H groups in total. The average molecular weight is 349 g/mol. The van der Waals surface area contributed by atoms with E-state index in [1.165, 1.54) is 7.05 Å². The zero-order valence-corrected chi connectivity index (χ0v) is 12.6. The predicted molar refractivity (Wildman–Crippen MR) is 71.9 cm³/mol. The smallest absolute Gasteiger partial charge is 0.340 e. The van der Waals surface area contributed by atoms with Crippen LogP contribution in [0.4, 0.5) is 22.0 Å². The van der Waals surface area contributed by atoms with E-state index in [0.29, 0.717) is 0 Å². The van der Waals surface area contributed by atoms with Crippen molar-refractivity contribution < 1.29 is 31.3 Å². The molecule has 130 valence electrons. The molecular formula is C14H12F5N3O2. The van der Waals surface area contributed by atoms with Crippen LogP contribution in [0.3, 0.4) is 0 Å². The Morgan fingerprint density at radius 3 is 2.21 bits per heavy atom. The van der Waals surface area contributed by atoms with Gasteiger partial charge in [-0.25, -0.2) is 0 Å².